The highest BCUT2D eigenvalue weighted by Gasteiger charge is 2.50. The molecule has 1 aliphatic rings. The van der Waals surface area contributed by atoms with Crippen molar-refractivity contribution in [1.82, 2.24) is 4.90 Å². The summed E-state index contributed by atoms with van der Waals surface area (Å²) in [4.78, 5) is 24.4. The minimum absolute atomic E-state index is 0.0144. The molecule has 0 spiro atoms. The van der Waals surface area contributed by atoms with Gasteiger partial charge in [0.05, 0.1) is 0 Å². The lowest BCUT2D eigenvalue weighted by molar-refractivity contribution is -0.163. The maximum Gasteiger partial charge on any atom is 0.329 e. The number of carboxylic acid groups (broad SMARTS) is 1. The SMILES string of the molecule is CCCN(C=O)C1(C(=O)O)CCC(C)CC1C. The van der Waals surface area contributed by atoms with Gasteiger partial charge in [-0.2, -0.15) is 0 Å². The molecule has 0 aliphatic heterocycles. The fraction of sp³-hybridized carbons (Fsp3) is 0.846. The van der Waals surface area contributed by atoms with Crippen molar-refractivity contribution < 1.29 is 14.7 Å². The molecule has 4 nitrogen and oxygen atoms in total. The number of nitrogens with zero attached hydrogens (tertiary/aromatic N) is 1. The number of carbonyl (C=O) groups excluding carboxylic acids is 1. The lowest BCUT2D eigenvalue weighted by Crippen LogP contribution is -2.60. The molecule has 3 unspecified atom stereocenters. The van der Waals surface area contributed by atoms with Crippen LogP contribution in [-0.4, -0.2) is 34.5 Å². The Labute approximate surface area is 103 Å². The van der Waals surface area contributed by atoms with Crippen molar-refractivity contribution in [2.75, 3.05) is 6.54 Å². The second-order valence-electron chi connectivity index (χ2n) is 5.31. The highest BCUT2D eigenvalue weighted by Crippen LogP contribution is 2.40. The first kappa shape index (κ1) is 14.0. The van der Waals surface area contributed by atoms with E-state index in [2.05, 4.69) is 6.92 Å². The largest absolute Gasteiger partial charge is 0.479 e. The van der Waals surface area contributed by atoms with Gasteiger partial charge in [0.1, 0.15) is 5.54 Å². The summed E-state index contributed by atoms with van der Waals surface area (Å²) in [6.45, 7) is 6.58. The van der Waals surface area contributed by atoms with Gasteiger partial charge < -0.3 is 10.0 Å². The monoisotopic (exact) mass is 241 g/mol. The molecule has 0 bridgehead atoms. The van der Waals surface area contributed by atoms with Crippen LogP contribution in [0.25, 0.3) is 0 Å². The van der Waals surface area contributed by atoms with Gasteiger partial charge in [-0.15, -0.1) is 0 Å². The Hall–Kier alpha value is -1.06. The topological polar surface area (TPSA) is 57.6 Å². The molecule has 1 rings (SSSR count). The summed E-state index contributed by atoms with van der Waals surface area (Å²) in [5, 5.41) is 9.57. The number of hydrogen-bond acceptors (Lipinski definition) is 2. The summed E-state index contributed by atoms with van der Waals surface area (Å²) in [7, 11) is 0. The normalized spacial score (nSPS) is 33.1. The Bertz CT molecular complexity index is 292. The highest BCUT2D eigenvalue weighted by molar-refractivity contribution is 5.82. The zero-order valence-electron chi connectivity index (χ0n) is 11.0. The van der Waals surface area contributed by atoms with E-state index in [9.17, 15) is 14.7 Å². The van der Waals surface area contributed by atoms with Gasteiger partial charge in [0.15, 0.2) is 0 Å². The first-order valence-corrected chi connectivity index (χ1v) is 6.44. The fourth-order valence-electron chi connectivity index (χ4n) is 3.08. The minimum atomic E-state index is -0.982. The van der Waals surface area contributed by atoms with Crippen LogP contribution >= 0.6 is 0 Å². The summed E-state index contributed by atoms with van der Waals surface area (Å²) in [6, 6.07) is 0. The zero-order chi connectivity index (χ0) is 13.1. The Balaban J connectivity index is 3.03. The number of carbonyl (C=O) groups is 2. The Morgan fingerprint density at radius 1 is 1.53 bits per heavy atom. The van der Waals surface area contributed by atoms with Crippen LogP contribution in [0.1, 0.15) is 46.5 Å². The van der Waals surface area contributed by atoms with Crippen LogP contribution in [0.5, 0.6) is 0 Å². The van der Waals surface area contributed by atoms with E-state index in [-0.39, 0.29) is 5.92 Å². The second-order valence-corrected chi connectivity index (χ2v) is 5.31. The van der Waals surface area contributed by atoms with Crippen LogP contribution < -0.4 is 0 Å². The summed E-state index contributed by atoms with van der Waals surface area (Å²) < 4.78 is 0. The van der Waals surface area contributed by atoms with Crippen LogP contribution in [0, 0.1) is 11.8 Å². The van der Waals surface area contributed by atoms with E-state index in [1.807, 2.05) is 13.8 Å². The van der Waals surface area contributed by atoms with Crippen molar-refractivity contribution in [3.8, 4) is 0 Å². The van der Waals surface area contributed by atoms with Crippen LogP contribution in [0.2, 0.25) is 0 Å². The second kappa shape index (κ2) is 5.52. The van der Waals surface area contributed by atoms with Gasteiger partial charge in [-0.3, -0.25) is 4.79 Å². The lowest BCUT2D eigenvalue weighted by atomic mass is 9.69. The molecule has 1 amide bonds. The zero-order valence-corrected chi connectivity index (χ0v) is 11.0. The average molecular weight is 241 g/mol. The summed E-state index contributed by atoms with van der Waals surface area (Å²) in [5.41, 5.74) is -0.982. The standard InChI is InChI=1S/C13H23NO3/c1-4-7-14(9-15)13(12(16)17)6-5-10(2)8-11(13)3/h9-11H,4-8H2,1-3H3,(H,16,17). The molecule has 0 aromatic carbocycles. The molecule has 4 heteroatoms. The molecule has 0 radical (unpaired) electrons. The third-order valence-corrected chi connectivity index (χ3v) is 4.06. The van der Waals surface area contributed by atoms with Crippen molar-refractivity contribution in [1.29, 1.82) is 0 Å². The third-order valence-electron chi connectivity index (χ3n) is 4.06. The van der Waals surface area contributed by atoms with Crippen molar-refractivity contribution in [3.05, 3.63) is 0 Å². The molecule has 0 saturated heterocycles. The molecular formula is C13H23NO3. The minimum Gasteiger partial charge on any atom is -0.479 e. The molecule has 1 aliphatic carbocycles. The van der Waals surface area contributed by atoms with Crippen molar-refractivity contribution in [2.45, 2.75) is 52.0 Å². The summed E-state index contributed by atoms with van der Waals surface area (Å²) >= 11 is 0. The van der Waals surface area contributed by atoms with Crippen LogP contribution in [0.3, 0.4) is 0 Å². The molecule has 0 aromatic rings. The summed E-state index contributed by atoms with van der Waals surface area (Å²) in [6.07, 6.45) is 3.83. The van der Waals surface area contributed by atoms with Gasteiger partial charge in [0.2, 0.25) is 6.41 Å². The Morgan fingerprint density at radius 3 is 2.59 bits per heavy atom. The van der Waals surface area contributed by atoms with E-state index >= 15 is 0 Å². The van der Waals surface area contributed by atoms with E-state index < -0.39 is 11.5 Å². The quantitative estimate of drug-likeness (QED) is 0.750. The van der Waals surface area contributed by atoms with Gasteiger partial charge in [-0.1, -0.05) is 20.8 Å². The first-order valence-electron chi connectivity index (χ1n) is 6.44. The van der Waals surface area contributed by atoms with Crippen LogP contribution in [0.4, 0.5) is 0 Å². The molecule has 1 saturated carbocycles. The summed E-state index contributed by atoms with van der Waals surface area (Å²) in [5.74, 6) is -0.287. The maximum absolute atomic E-state index is 11.7. The van der Waals surface area contributed by atoms with Crippen LogP contribution in [-0.2, 0) is 9.59 Å². The number of aliphatic carboxylic acids is 1. The van der Waals surface area contributed by atoms with Gasteiger partial charge in [0, 0.05) is 6.54 Å². The smallest absolute Gasteiger partial charge is 0.329 e. The lowest BCUT2D eigenvalue weighted by Gasteiger charge is -2.47. The van der Waals surface area contributed by atoms with E-state index in [4.69, 9.17) is 0 Å². The van der Waals surface area contributed by atoms with E-state index in [0.29, 0.717) is 25.3 Å². The molecule has 98 valence electrons. The van der Waals surface area contributed by atoms with Crippen LogP contribution in [0.15, 0.2) is 0 Å². The Morgan fingerprint density at radius 2 is 2.18 bits per heavy atom. The number of rotatable bonds is 5. The van der Waals surface area contributed by atoms with E-state index in [1.165, 1.54) is 4.90 Å². The van der Waals surface area contributed by atoms with Gasteiger partial charge >= 0.3 is 5.97 Å². The molecular weight excluding hydrogens is 218 g/mol. The molecule has 17 heavy (non-hydrogen) atoms. The first-order chi connectivity index (χ1) is 7.98. The maximum atomic E-state index is 11.7. The van der Waals surface area contributed by atoms with E-state index in [0.717, 1.165) is 19.3 Å². The number of hydrogen-bond donors (Lipinski definition) is 1. The molecule has 1 N–H and O–H groups in total. The molecule has 1 fully saturated rings. The number of amides is 1. The molecule has 0 heterocycles. The predicted octanol–water partition coefficient (Wildman–Crippen LogP) is 2.13. The third kappa shape index (κ3) is 2.45. The molecule has 3 atom stereocenters. The number of carboxylic acids is 1. The van der Waals surface area contributed by atoms with Gasteiger partial charge in [-0.05, 0) is 37.5 Å². The van der Waals surface area contributed by atoms with E-state index in [1.54, 1.807) is 0 Å². The Kier molecular flexibility index (Phi) is 4.54. The van der Waals surface area contributed by atoms with Crippen molar-refractivity contribution >= 4 is 12.4 Å². The fourth-order valence-corrected chi connectivity index (χ4v) is 3.08. The van der Waals surface area contributed by atoms with Gasteiger partial charge in [-0.25, -0.2) is 4.79 Å². The molecule has 0 aromatic heterocycles. The predicted molar refractivity (Wildman–Crippen MR) is 65.6 cm³/mol. The van der Waals surface area contributed by atoms with Crippen molar-refractivity contribution in [3.63, 3.8) is 0 Å². The van der Waals surface area contributed by atoms with Crippen molar-refractivity contribution in [2.24, 2.45) is 11.8 Å². The van der Waals surface area contributed by atoms with Gasteiger partial charge in [0.25, 0.3) is 0 Å². The highest BCUT2D eigenvalue weighted by atomic mass is 16.4. The average Bonchev–Trinajstić information content (AvgIpc) is 2.26.